The van der Waals surface area contributed by atoms with E-state index >= 15 is 0 Å². The first-order valence-electron chi connectivity index (χ1n) is 21.4. The number of carbonyl (C=O) groups is 1. The number of esters is 1. The summed E-state index contributed by atoms with van der Waals surface area (Å²) in [5.74, 6) is -0.388. The molecule has 310 valence electrons. The van der Waals surface area contributed by atoms with Crippen molar-refractivity contribution in [3.63, 3.8) is 0 Å². The van der Waals surface area contributed by atoms with Gasteiger partial charge in [-0.3, -0.25) is 9.36 Å². The van der Waals surface area contributed by atoms with Crippen LogP contribution in [0.1, 0.15) is 168 Å². The minimum atomic E-state index is -4.54. The lowest BCUT2D eigenvalue weighted by Gasteiger charge is -2.28. The highest BCUT2D eigenvalue weighted by Gasteiger charge is 2.20. The van der Waals surface area contributed by atoms with Crippen LogP contribution in [0.2, 0.25) is 0 Å². The van der Waals surface area contributed by atoms with E-state index in [1.807, 2.05) is 21.1 Å². The standard InChI is InChI=1S/C44H82NO7P/c1-6-8-10-12-14-16-18-20-22-23-24-25-27-29-31-33-35-37-44(46)52-43(42-51-53(47,48)50-40-38-45(3,4)5)41-49-39-36-34-32-30-28-26-21-19-17-15-13-11-9-7-2/h14,16,20,22,24-25,29,31,43H,6-13,15,17-19,21,23,26-28,30,32-42H2,1-5H3/t43-/m1/s1. The molecule has 0 rings (SSSR count). The zero-order valence-electron chi connectivity index (χ0n) is 35.0. The molecular formula is C44H82NO7P. The van der Waals surface area contributed by atoms with Gasteiger partial charge in [0.25, 0.3) is 7.82 Å². The van der Waals surface area contributed by atoms with Crippen molar-refractivity contribution in [2.24, 2.45) is 0 Å². The quantitative estimate of drug-likeness (QED) is 0.0202. The van der Waals surface area contributed by atoms with Gasteiger partial charge in [0.2, 0.25) is 0 Å². The van der Waals surface area contributed by atoms with Crippen molar-refractivity contribution in [3.8, 4) is 0 Å². The minimum Gasteiger partial charge on any atom is -0.756 e. The molecule has 0 N–H and O–H groups in total. The summed E-state index contributed by atoms with van der Waals surface area (Å²) >= 11 is 0. The number of hydrogen-bond acceptors (Lipinski definition) is 7. The Kier molecular flexibility index (Phi) is 36.3. The predicted molar refractivity (Wildman–Crippen MR) is 222 cm³/mol. The maximum atomic E-state index is 12.6. The van der Waals surface area contributed by atoms with Gasteiger partial charge in [-0.05, 0) is 51.4 Å². The van der Waals surface area contributed by atoms with Gasteiger partial charge in [0.05, 0.1) is 34.4 Å². The second-order valence-corrected chi connectivity index (χ2v) is 16.8. The van der Waals surface area contributed by atoms with Crippen molar-refractivity contribution < 1.29 is 37.3 Å². The van der Waals surface area contributed by atoms with Crippen LogP contribution in [0.5, 0.6) is 0 Å². The summed E-state index contributed by atoms with van der Waals surface area (Å²) in [6.07, 6.45) is 44.1. The minimum absolute atomic E-state index is 0.0157. The van der Waals surface area contributed by atoms with Crippen LogP contribution in [0, 0.1) is 0 Å². The summed E-state index contributed by atoms with van der Waals surface area (Å²) < 4.78 is 34.5. The molecule has 1 unspecified atom stereocenters. The molecule has 0 amide bonds. The van der Waals surface area contributed by atoms with Crippen LogP contribution in [-0.4, -0.2) is 70.7 Å². The Morgan fingerprint density at radius 3 is 1.55 bits per heavy atom. The van der Waals surface area contributed by atoms with Gasteiger partial charge < -0.3 is 27.9 Å². The molecular weight excluding hydrogens is 685 g/mol. The van der Waals surface area contributed by atoms with E-state index in [-0.39, 0.29) is 32.2 Å². The first kappa shape index (κ1) is 51.5. The van der Waals surface area contributed by atoms with E-state index in [2.05, 4.69) is 62.5 Å². The number of quaternary nitrogens is 1. The fraction of sp³-hybridized carbons (Fsp3) is 0.795. The number of unbranched alkanes of at least 4 members (excludes halogenated alkanes) is 17. The summed E-state index contributed by atoms with van der Waals surface area (Å²) in [5.41, 5.74) is 0. The Bertz CT molecular complexity index is 989. The van der Waals surface area contributed by atoms with E-state index in [4.69, 9.17) is 18.5 Å². The summed E-state index contributed by atoms with van der Waals surface area (Å²) in [5, 5.41) is 0. The van der Waals surface area contributed by atoms with Crippen LogP contribution in [0.25, 0.3) is 0 Å². The van der Waals surface area contributed by atoms with E-state index < -0.39 is 13.9 Å². The van der Waals surface area contributed by atoms with Gasteiger partial charge in [-0.1, -0.05) is 159 Å². The maximum absolute atomic E-state index is 12.6. The fourth-order valence-corrected chi connectivity index (χ4v) is 6.27. The number of likely N-dealkylation sites (N-methyl/N-ethyl adjacent to an activating group) is 1. The van der Waals surface area contributed by atoms with Crippen LogP contribution >= 0.6 is 7.82 Å². The molecule has 0 aliphatic heterocycles. The molecule has 53 heavy (non-hydrogen) atoms. The molecule has 0 heterocycles. The van der Waals surface area contributed by atoms with Gasteiger partial charge >= 0.3 is 5.97 Å². The van der Waals surface area contributed by atoms with Crippen molar-refractivity contribution in [3.05, 3.63) is 48.6 Å². The Labute approximate surface area is 327 Å². The second-order valence-electron chi connectivity index (χ2n) is 15.4. The molecule has 2 atom stereocenters. The molecule has 0 aliphatic rings. The van der Waals surface area contributed by atoms with Gasteiger partial charge in [0, 0.05) is 13.0 Å². The van der Waals surface area contributed by atoms with Crippen molar-refractivity contribution >= 4 is 13.8 Å². The number of phosphoric ester groups is 1. The topological polar surface area (TPSA) is 94.1 Å². The Hall–Kier alpha value is -1.54. The Balaban J connectivity index is 4.36. The van der Waals surface area contributed by atoms with E-state index in [1.54, 1.807) is 0 Å². The van der Waals surface area contributed by atoms with Crippen molar-refractivity contribution in [2.45, 2.75) is 174 Å². The number of ether oxygens (including phenoxy) is 2. The molecule has 0 saturated heterocycles. The van der Waals surface area contributed by atoms with Crippen molar-refractivity contribution in [2.75, 3.05) is 54.1 Å². The van der Waals surface area contributed by atoms with Gasteiger partial charge in [-0.25, -0.2) is 0 Å². The summed E-state index contributed by atoms with van der Waals surface area (Å²) in [6.45, 7) is 5.31. The van der Waals surface area contributed by atoms with Crippen LogP contribution in [0.3, 0.4) is 0 Å². The SMILES string of the molecule is CCCCCC=CCC=CCC=CCC=CCCCC(=O)O[C@H](COCCCCCCCCCCCCCCCC)COP(=O)([O-])OCC[N+](C)(C)C. The van der Waals surface area contributed by atoms with Crippen LogP contribution in [-0.2, 0) is 27.9 Å². The second kappa shape index (κ2) is 37.4. The third-order valence-corrected chi connectivity index (χ3v) is 9.85. The number of allylic oxidation sites excluding steroid dienone is 8. The first-order chi connectivity index (χ1) is 25.6. The molecule has 0 aliphatic carbocycles. The number of carbonyl (C=O) groups excluding carboxylic acids is 1. The largest absolute Gasteiger partial charge is 0.756 e. The fourth-order valence-electron chi connectivity index (χ4n) is 5.54. The molecule has 0 saturated carbocycles. The van der Waals surface area contributed by atoms with Gasteiger partial charge in [0.15, 0.2) is 0 Å². The molecule has 0 aromatic carbocycles. The first-order valence-corrected chi connectivity index (χ1v) is 22.8. The lowest BCUT2D eigenvalue weighted by atomic mass is 10.0. The molecule has 0 aromatic rings. The monoisotopic (exact) mass is 768 g/mol. The molecule has 0 radical (unpaired) electrons. The zero-order chi connectivity index (χ0) is 39.1. The average Bonchev–Trinajstić information content (AvgIpc) is 3.11. The lowest BCUT2D eigenvalue weighted by Crippen LogP contribution is -2.37. The van der Waals surface area contributed by atoms with Crippen molar-refractivity contribution in [1.29, 1.82) is 0 Å². The highest BCUT2D eigenvalue weighted by molar-refractivity contribution is 7.45. The van der Waals surface area contributed by atoms with Gasteiger partial charge in [-0.15, -0.1) is 0 Å². The smallest absolute Gasteiger partial charge is 0.306 e. The number of nitrogens with zero attached hydrogens (tertiary/aromatic N) is 1. The van der Waals surface area contributed by atoms with Crippen LogP contribution < -0.4 is 4.89 Å². The number of hydrogen-bond donors (Lipinski definition) is 0. The van der Waals surface area contributed by atoms with E-state index in [9.17, 15) is 14.3 Å². The van der Waals surface area contributed by atoms with E-state index in [0.717, 1.165) is 38.5 Å². The molecule has 0 aromatic heterocycles. The number of phosphoric acid groups is 1. The average molecular weight is 768 g/mol. The summed E-state index contributed by atoms with van der Waals surface area (Å²) in [4.78, 5) is 25.0. The highest BCUT2D eigenvalue weighted by atomic mass is 31.2. The lowest BCUT2D eigenvalue weighted by molar-refractivity contribution is -0.870. The van der Waals surface area contributed by atoms with Gasteiger partial charge in [0.1, 0.15) is 19.3 Å². The number of rotatable bonds is 39. The molecule has 0 bridgehead atoms. The normalized spacial score (nSPS) is 14.3. The van der Waals surface area contributed by atoms with Crippen LogP contribution in [0.4, 0.5) is 0 Å². The van der Waals surface area contributed by atoms with E-state index in [1.165, 1.54) is 103 Å². The molecule has 0 spiro atoms. The Morgan fingerprint density at radius 2 is 1.04 bits per heavy atom. The van der Waals surface area contributed by atoms with E-state index in [0.29, 0.717) is 24.1 Å². The van der Waals surface area contributed by atoms with Crippen molar-refractivity contribution in [1.82, 2.24) is 0 Å². The molecule has 0 fully saturated rings. The summed E-state index contributed by atoms with van der Waals surface area (Å²) in [7, 11) is 1.32. The zero-order valence-corrected chi connectivity index (χ0v) is 35.8. The van der Waals surface area contributed by atoms with Crippen LogP contribution in [0.15, 0.2) is 48.6 Å². The van der Waals surface area contributed by atoms with Gasteiger partial charge in [-0.2, -0.15) is 0 Å². The Morgan fingerprint density at radius 1 is 0.585 bits per heavy atom. The predicted octanol–water partition coefficient (Wildman–Crippen LogP) is 11.7. The summed E-state index contributed by atoms with van der Waals surface area (Å²) in [6, 6.07) is 0. The maximum Gasteiger partial charge on any atom is 0.306 e. The molecule has 8 nitrogen and oxygen atoms in total. The molecule has 9 heteroatoms. The third kappa shape index (κ3) is 41.5. The third-order valence-electron chi connectivity index (χ3n) is 8.88. The highest BCUT2D eigenvalue weighted by Crippen LogP contribution is 2.38.